The summed E-state index contributed by atoms with van der Waals surface area (Å²) in [5.74, 6) is 0.303. The summed E-state index contributed by atoms with van der Waals surface area (Å²) in [5.41, 5.74) is 2.73. The van der Waals surface area contributed by atoms with Crippen molar-refractivity contribution in [1.82, 2.24) is 15.5 Å². The average molecular weight is 333 g/mol. The van der Waals surface area contributed by atoms with Gasteiger partial charge in [-0.05, 0) is 43.2 Å². The predicted octanol–water partition coefficient (Wildman–Crippen LogP) is 2.28. The minimum absolute atomic E-state index is 0.0860. The molecule has 3 N–H and O–H groups in total. The van der Waals surface area contributed by atoms with Crippen molar-refractivity contribution in [2.75, 3.05) is 26.2 Å². The number of benzene rings is 1. The third-order valence-corrected chi connectivity index (χ3v) is 4.81. The van der Waals surface area contributed by atoms with Gasteiger partial charge < -0.3 is 15.7 Å². The lowest BCUT2D eigenvalue weighted by Gasteiger charge is -2.32. The van der Waals surface area contributed by atoms with Crippen molar-refractivity contribution in [3.05, 3.63) is 35.4 Å². The van der Waals surface area contributed by atoms with Crippen molar-refractivity contribution in [2.24, 2.45) is 5.92 Å². The van der Waals surface area contributed by atoms with Gasteiger partial charge in [0.15, 0.2) is 0 Å². The molecule has 0 spiro atoms. The molecule has 0 aliphatic carbocycles. The molecule has 1 unspecified atom stereocenters. The molecule has 2 amide bonds. The molecule has 1 aromatic carbocycles. The molecule has 0 bridgehead atoms. The van der Waals surface area contributed by atoms with Gasteiger partial charge in [-0.15, -0.1) is 0 Å². The Morgan fingerprint density at radius 2 is 2.04 bits per heavy atom. The summed E-state index contributed by atoms with van der Waals surface area (Å²) in [5, 5.41) is 14.8. The molecule has 0 radical (unpaired) electrons. The molecule has 1 saturated heterocycles. The number of aliphatic hydroxyl groups excluding tert-OH is 1. The summed E-state index contributed by atoms with van der Waals surface area (Å²) in [6.45, 7) is 7.99. The third kappa shape index (κ3) is 6.13. The maximum atomic E-state index is 11.9. The molecule has 0 saturated carbocycles. The first kappa shape index (κ1) is 18.7. The van der Waals surface area contributed by atoms with E-state index in [1.54, 1.807) is 0 Å². The topological polar surface area (TPSA) is 64.6 Å². The fraction of sp³-hybridized carbons (Fsp3) is 0.632. The highest BCUT2D eigenvalue weighted by atomic mass is 16.3. The smallest absolute Gasteiger partial charge is 0.315 e. The third-order valence-electron chi connectivity index (χ3n) is 4.81. The summed E-state index contributed by atoms with van der Waals surface area (Å²) in [4.78, 5) is 14.4. The largest absolute Gasteiger partial charge is 0.396 e. The maximum absolute atomic E-state index is 11.9. The van der Waals surface area contributed by atoms with Crippen LogP contribution in [-0.4, -0.2) is 48.3 Å². The number of amides is 2. The van der Waals surface area contributed by atoms with Gasteiger partial charge in [0, 0.05) is 38.8 Å². The average Bonchev–Trinajstić information content (AvgIpc) is 2.57. The van der Waals surface area contributed by atoms with Crippen molar-refractivity contribution in [3.8, 4) is 0 Å². The lowest BCUT2D eigenvalue weighted by atomic mass is 10.0. The number of nitrogens with one attached hydrogen (secondary N) is 2. The second kappa shape index (κ2) is 9.64. The summed E-state index contributed by atoms with van der Waals surface area (Å²) in [6, 6.07) is 8.70. The Morgan fingerprint density at radius 3 is 2.71 bits per heavy atom. The minimum Gasteiger partial charge on any atom is -0.396 e. The number of rotatable bonds is 7. The molecular formula is C19H31N3O2. The maximum Gasteiger partial charge on any atom is 0.315 e. The first-order valence-corrected chi connectivity index (χ1v) is 9.00. The van der Waals surface area contributed by atoms with Gasteiger partial charge in [-0.3, -0.25) is 4.90 Å². The van der Waals surface area contributed by atoms with E-state index in [-0.39, 0.29) is 18.7 Å². The second-order valence-electron chi connectivity index (χ2n) is 6.95. The Labute approximate surface area is 145 Å². The van der Waals surface area contributed by atoms with E-state index in [9.17, 15) is 4.79 Å². The Kier molecular flexibility index (Phi) is 7.53. The van der Waals surface area contributed by atoms with Crippen LogP contribution in [0.3, 0.4) is 0 Å². The van der Waals surface area contributed by atoms with Crippen molar-refractivity contribution >= 4 is 6.03 Å². The lowest BCUT2D eigenvalue weighted by Crippen LogP contribution is -2.48. The summed E-state index contributed by atoms with van der Waals surface area (Å²) in [7, 11) is 0. The molecule has 134 valence electrons. The van der Waals surface area contributed by atoms with Crippen LogP contribution in [0.2, 0.25) is 0 Å². The number of hydrogen-bond donors (Lipinski definition) is 3. The molecule has 5 nitrogen and oxygen atoms in total. The zero-order valence-corrected chi connectivity index (χ0v) is 14.9. The van der Waals surface area contributed by atoms with Crippen LogP contribution in [0.4, 0.5) is 4.79 Å². The molecule has 1 aliphatic heterocycles. The van der Waals surface area contributed by atoms with Crippen LogP contribution < -0.4 is 10.6 Å². The van der Waals surface area contributed by atoms with E-state index >= 15 is 0 Å². The van der Waals surface area contributed by atoms with Crippen molar-refractivity contribution in [2.45, 2.75) is 45.7 Å². The number of nitrogens with zero attached hydrogens (tertiary/aromatic N) is 1. The van der Waals surface area contributed by atoms with Crippen molar-refractivity contribution in [1.29, 1.82) is 0 Å². The highest BCUT2D eigenvalue weighted by Gasteiger charge is 2.21. The number of carbonyl (C=O) groups is 1. The monoisotopic (exact) mass is 333 g/mol. The van der Waals surface area contributed by atoms with E-state index in [1.165, 1.54) is 11.1 Å². The van der Waals surface area contributed by atoms with Crippen LogP contribution in [-0.2, 0) is 6.54 Å². The highest BCUT2D eigenvalue weighted by molar-refractivity contribution is 5.74. The van der Waals surface area contributed by atoms with Gasteiger partial charge >= 0.3 is 6.03 Å². The molecule has 5 heteroatoms. The Bertz CT molecular complexity index is 513. The van der Waals surface area contributed by atoms with Crippen LogP contribution in [0.1, 0.15) is 37.3 Å². The van der Waals surface area contributed by atoms with Gasteiger partial charge in [0.2, 0.25) is 0 Å². The van der Waals surface area contributed by atoms with Crippen molar-refractivity contribution in [3.63, 3.8) is 0 Å². The number of hydrogen-bond acceptors (Lipinski definition) is 3. The van der Waals surface area contributed by atoms with Gasteiger partial charge in [-0.1, -0.05) is 31.2 Å². The van der Waals surface area contributed by atoms with E-state index < -0.39 is 0 Å². The van der Waals surface area contributed by atoms with Crippen LogP contribution in [0, 0.1) is 12.8 Å². The van der Waals surface area contributed by atoms with Gasteiger partial charge in [-0.2, -0.15) is 0 Å². The summed E-state index contributed by atoms with van der Waals surface area (Å²) in [6.07, 6.45) is 2.70. The standard InChI is InChI=1S/C19H31N3O2/c1-15(9-12-23)13-20-19(24)21-18-7-10-22(11-8-18)14-17-6-4-3-5-16(17)2/h3-6,15,18,23H,7-14H2,1-2H3,(H2,20,21,24). The second-order valence-corrected chi connectivity index (χ2v) is 6.95. The Hall–Kier alpha value is -1.59. The quantitative estimate of drug-likeness (QED) is 0.717. The number of likely N-dealkylation sites (tertiary alicyclic amines) is 1. The minimum atomic E-state index is -0.0860. The zero-order chi connectivity index (χ0) is 17.4. The molecule has 24 heavy (non-hydrogen) atoms. The normalized spacial score (nSPS) is 17.5. The van der Waals surface area contributed by atoms with E-state index in [4.69, 9.17) is 5.11 Å². The fourth-order valence-corrected chi connectivity index (χ4v) is 3.09. The van der Waals surface area contributed by atoms with Crippen LogP contribution >= 0.6 is 0 Å². The molecule has 1 heterocycles. The molecular weight excluding hydrogens is 302 g/mol. The van der Waals surface area contributed by atoms with Crippen LogP contribution in [0.25, 0.3) is 0 Å². The highest BCUT2D eigenvalue weighted by Crippen LogP contribution is 2.16. The van der Waals surface area contributed by atoms with Gasteiger partial charge in [0.1, 0.15) is 0 Å². The van der Waals surface area contributed by atoms with Gasteiger partial charge in [-0.25, -0.2) is 4.79 Å². The summed E-state index contributed by atoms with van der Waals surface area (Å²) >= 11 is 0. The van der Waals surface area contributed by atoms with E-state index in [0.29, 0.717) is 12.5 Å². The van der Waals surface area contributed by atoms with Crippen molar-refractivity contribution < 1.29 is 9.90 Å². The molecule has 2 rings (SSSR count). The van der Waals surface area contributed by atoms with Crippen LogP contribution in [0.5, 0.6) is 0 Å². The Morgan fingerprint density at radius 1 is 1.33 bits per heavy atom. The Balaban J connectivity index is 1.67. The molecule has 0 aromatic heterocycles. The molecule has 1 atom stereocenters. The number of carbonyl (C=O) groups excluding carboxylic acids is 1. The van der Waals surface area contributed by atoms with Gasteiger partial charge in [0.25, 0.3) is 0 Å². The summed E-state index contributed by atoms with van der Waals surface area (Å²) < 4.78 is 0. The first-order valence-electron chi connectivity index (χ1n) is 9.00. The van der Waals surface area contributed by atoms with Gasteiger partial charge in [0.05, 0.1) is 0 Å². The number of urea groups is 1. The first-order chi connectivity index (χ1) is 11.6. The lowest BCUT2D eigenvalue weighted by molar-refractivity contribution is 0.185. The molecule has 1 fully saturated rings. The number of aryl methyl sites for hydroxylation is 1. The van der Waals surface area contributed by atoms with E-state index in [1.807, 2.05) is 6.92 Å². The number of aliphatic hydroxyl groups is 1. The van der Waals surface area contributed by atoms with Crippen LogP contribution in [0.15, 0.2) is 24.3 Å². The predicted molar refractivity (Wildman–Crippen MR) is 96.9 cm³/mol. The zero-order valence-electron chi connectivity index (χ0n) is 14.9. The fourth-order valence-electron chi connectivity index (χ4n) is 3.09. The van der Waals surface area contributed by atoms with E-state index in [0.717, 1.165) is 38.9 Å². The van der Waals surface area contributed by atoms with E-state index in [2.05, 4.69) is 46.7 Å². The molecule has 1 aliphatic rings. The number of piperidine rings is 1. The molecule has 1 aromatic rings. The SMILES string of the molecule is Cc1ccccc1CN1CCC(NC(=O)NCC(C)CCO)CC1.